The first-order valence-corrected chi connectivity index (χ1v) is 8.80. The third kappa shape index (κ3) is 3.23. The van der Waals surface area contributed by atoms with Crippen LogP contribution in [0.1, 0.15) is 15.9 Å². The highest BCUT2D eigenvalue weighted by Crippen LogP contribution is 2.22. The van der Waals surface area contributed by atoms with Crippen LogP contribution < -0.4 is 15.5 Å². The third-order valence-electron chi connectivity index (χ3n) is 4.68. The molecule has 1 aromatic carbocycles. The summed E-state index contributed by atoms with van der Waals surface area (Å²) in [5.74, 6) is 0.370. The predicted octanol–water partition coefficient (Wildman–Crippen LogP) is 2.60. The van der Waals surface area contributed by atoms with Gasteiger partial charge in [0.25, 0.3) is 5.91 Å². The summed E-state index contributed by atoms with van der Waals surface area (Å²) in [6.07, 6.45) is 3.45. The van der Waals surface area contributed by atoms with Crippen molar-refractivity contribution in [3.05, 3.63) is 59.9 Å². The molecule has 0 atom stereocenters. The minimum Gasteiger partial charge on any atom is -0.369 e. The molecule has 4 rings (SSSR count). The fraction of sp³-hybridized carbons (Fsp3) is 0.250. The van der Waals surface area contributed by atoms with Gasteiger partial charge in [-0.3, -0.25) is 9.78 Å². The number of hydrogen-bond acceptors (Lipinski definition) is 5. The van der Waals surface area contributed by atoms with E-state index in [9.17, 15) is 4.79 Å². The second kappa shape index (κ2) is 7.09. The highest BCUT2D eigenvalue weighted by molar-refractivity contribution is 6.12. The molecule has 2 aromatic heterocycles. The maximum atomic E-state index is 12.9. The standard InChI is InChI=1S/C20H21N5O/c1-14-4-5-15-3-2-7-23-19(15)18(14)20(26)24-17-13-16(6-8-22-17)25-11-9-21-10-12-25/h2-8,13,21H,9-12H2,1H3,(H,22,24,26). The third-order valence-corrected chi connectivity index (χ3v) is 4.68. The van der Waals surface area contributed by atoms with Crippen LogP contribution in [-0.4, -0.2) is 42.1 Å². The minimum absolute atomic E-state index is 0.184. The summed E-state index contributed by atoms with van der Waals surface area (Å²) in [6.45, 7) is 5.75. The molecule has 0 spiro atoms. The summed E-state index contributed by atoms with van der Waals surface area (Å²) in [6, 6.07) is 11.7. The molecule has 6 nitrogen and oxygen atoms in total. The van der Waals surface area contributed by atoms with E-state index in [4.69, 9.17) is 0 Å². The number of hydrogen-bond donors (Lipinski definition) is 2. The number of pyridine rings is 2. The lowest BCUT2D eigenvalue weighted by atomic mass is 10.0. The van der Waals surface area contributed by atoms with Gasteiger partial charge in [0.05, 0.1) is 11.1 Å². The Morgan fingerprint density at radius 1 is 1.12 bits per heavy atom. The maximum absolute atomic E-state index is 12.9. The summed E-state index contributed by atoms with van der Waals surface area (Å²) in [4.78, 5) is 23.9. The molecule has 1 aliphatic rings. The van der Waals surface area contributed by atoms with Crippen LogP contribution in [0, 0.1) is 6.92 Å². The molecule has 1 fully saturated rings. The molecule has 1 aliphatic heterocycles. The normalized spacial score (nSPS) is 14.4. The second-order valence-electron chi connectivity index (χ2n) is 6.42. The van der Waals surface area contributed by atoms with Gasteiger partial charge >= 0.3 is 0 Å². The van der Waals surface area contributed by atoms with Gasteiger partial charge in [0, 0.05) is 55.7 Å². The van der Waals surface area contributed by atoms with E-state index < -0.39 is 0 Å². The van der Waals surface area contributed by atoms with Crippen LogP contribution in [0.5, 0.6) is 0 Å². The van der Waals surface area contributed by atoms with E-state index in [0.29, 0.717) is 16.9 Å². The number of amides is 1. The summed E-state index contributed by atoms with van der Waals surface area (Å²) < 4.78 is 0. The number of rotatable bonds is 3. The van der Waals surface area contributed by atoms with E-state index in [1.54, 1.807) is 12.4 Å². The largest absolute Gasteiger partial charge is 0.369 e. The topological polar surface area (TPSA) is 70.2 Å². The Bertz CT molecular complexity index is 950. The molecule has 6 heteroatoms. The predicted molar refractivity (Wildman–Crippen MR) is 104 cm³/mol. The number of fused-ring (bicyclic) bond motifs is 1. The first kappa shape index (κ1) is 16.5. The smallest absolute Gasteiger partial charge is 0.259 e. The second-order valence-corrected chi connectivity index (χ2v) is 6.42. The van der Waals surface area contributed by atoms with E-state index in [1.807, 2.05) is 43.3 Å². The molecule has 1 saturated heterocycles. The number of nitrogens with one attached hydrogen (secondary N) is 2. The van der Waals surface area contributed by atoms with E-state index in [1.165, 1.54) is 0 Å². The van der Waals surface area contributed by atoms with E-state index in [-0.39, 0.29) is 5.91 Å². The van der Waals surface area contributed by atoms with Crippen molar-refractivity contribution >= 4 is 28.3 Å². The Hall–Kier alpha value is -2.99. The Morgan fingerprint density at radius 3 is 2.81 bits per heavy atom. The van der Waals surface area contributed by atoms with Gasteiger partial charge in [-0.15, -0.1) is 0 Å². The van der Waals surface area contributed by atoms with Gasteiger partial charge in [-0.25, -0.2) is 4.98 Å². The van der Waals surface area contributed by atoms with Gasteiger partial charge < -0.3 is 15.5 Å². The van der Waals surface area contributed by atoms with Crippen LogP contribution in [0.2, 0.25) is 0 Å². The molecule has 0 bridgehead atoms. The van der Waals surface area contributed by atoms with Gasteiger partial charge in [-0.2, -0.15) is 0 Å². The van der Waals surface area contributed by atoms with Gasteiger partial charge in [0.1, 0.15) is 5.82 Å². The summed E-state index contributed by atoms with van der Waals surface area (Å²) in [5.41, 5.74) is 3.28. The lowest BCUT2D eigenvalue weighted by molar-refractivity contribution is 0.102. The van der Waals surface area contributed by atoms with Crippen molar-refractivity contribution in [2.24, 2.45) is 0 Å². The Labute approximate surface area is 152 Å². The van der Waals surface area contributed by atoms with Crippen molar-refractivity contribution in [3.63, 3.8) is 0 Å². The quantitative estimate of drug-likeness (QED) is 0.762. The summed E-state index contributed by atoms with van der Waals surface area (Å²) in [7, 11) is 0. The zero-order valence-corrected chi connectivity index (χ0v) is 14.7. The zero-order valence-electron chi connectivity index (χ0n) is 14.7. The van der Waals surface area contributed by atoms with Gasteiger partial charge in [0.15, 0.2) is 0 Å². The van der Waals surface area contributed by atoms with E-state index >= 15 is 0 Å². The van der Waals surface area contributed by atoms with Crippen molar-refractivity contribution in [3.8, 4) is 0 Å². The Kier molecular flexibility index (Phi) is 4.50. The number of carbonyl (C=O) groups is 1. The lowest BCUT2D eigenvalue weighted by Crippen LogP contribution is -2.43. The SMILES string of the molecule is Cc1ccc2cccnc2c1C(=O)Nc1cc(N2CCNCC2)ccn1. The summed E-state index contributed by atoms with van der Waals surface area (Å²) >= 11 is 0. The number of benzene rings is 1. The van der Waals surface area contributed by atoms with Crippen molar-refractivity contribution < 1.29 is 4.79 Å². The summed E-state index contributed by atoms with van der Waals surface area (Å²) in [5, 5.41) is 7.23. The molecule has 0 unspecified atom stereocenters. The fourth-order valence-corrected chi connectivity index (χ4v) is 3.32. The van der Waals surface area contributed by atoms with Crippen molar-refractivity contribution in [2.75, 3.05) is 36.4 Å². The van der Waals surface area contributed by atoms with Crippen LogP contribution in [0.3, 0.4) is 0 Å². The van der Waals surface area contributed by atoms with E-state index in [2.05, 4.69) is 25.5 Å². The molecule has 26 heavy (non-hydrogen) atoms. The molecule has 3 heterocycles. The molecule has 132 valence electrons. The van der Waals surface area contributed by atoms with Crippen LogP contribution in [0.15, 0.2) is 48.8 Å². The average molecular weight is 347 g/mol. The highest BCUT2D eigenvalue weighted by Gasteiger charge is 2.16. The lowest BCUT2D eigenvalue weighted by Gasteiger charge is -2.29. The maximum Gasteiger partial charge on any atom is 0.259 e. The minimum atomic E-state index is -0.184. The van der Waals surface area contributed by atoms with Crippen LogP contribution in [-0.2, 0) is 0 Å². The number of carbonyl (C=O) groups excluding carboxylic acids is 1. The van der Waals surface area contributed by atoms with Gasteiger partial charge in [-0.05, 0) is 24.6 Å². The molecular weight excluding hydrogens is 326 g/mol. The molecule has 0 saturated carbocycles. The highest BCUT2D eigenvalue weighted by atomic mass is 16.1. The zero-order chi connectivity index (χ0) is 17.9. The number of anilines is 2. The monoisotopic (exact) mass is 347 g/mol. The molecular formula is C20H21N5O. The first-order chi connectivity index (χ1) is 12.7. The first-order valence-electron chi connectivity index (χ1n) is 8.80. The average Bonchev–Trinajstić information content (AvgIpc) is 2.68. The number of piperazine rings is 1. The molecule has 2 N–H and O–H groups in total. The molecule has 1 amide bonds. The van der Waals surface area contributed by atoms with Crippen molar-refractivity contribution in [2.45, 2.75) is 6.92 Å². The molecule has 0 radical (unpaired) electrons. The Balaban J connectivity index is 1.62. The van der Waals surface area contributed by atoms with Gasteiger partial charge in [-0.1, -0.05) is 18.2 Å². The van der Waals surface area contributed by atoms with Crippen molar-refractivity contribution in [1.82, 2.24) is 15.3 Å². The fourth-order valence-electron chi connectivity index (χ4n) is 3.32. The van der Waals surface area contributed by atoms with Crippen molar-refractivity contribution in [1.29, 1.82) is 0 Å². The van der Waals surface area contributed by atoms with E-state index in [0.717, 1.165) is 42.8 Å². The van der Waals surface area contributed by atoms with Crippen LogP contribution >= 0.6 is 0 Å². The number of nitrogens with zero attached hydrogens (tertiary/aromatic N) is 3. The van der Waals surface area contributed by atoms with Crippen LogP contribution in [0.25, 0.3) is 10.9 Å². The number of aromatic nitrogens is 2. The van der Waals surface area contributed by atoms with Gasteiger partial charge in [0.2, 0.25) is 0 Å². The molecule has 0 aliphatic carbocycles. The Morgan fingerprint density at radius 2 is 1.96 bits per heavy atom. The number of aryl methyl sites for hydroxylation is 1. The molecule has 3 aromatic rings. The van der Waals surface area contributed by atoms with Crippen LogP contribution in [0.4, 0.5) is 11.5 Å².